The number of carbonyl (C=O) groups is 1. The molecule has 1 rings (SSSR count). The smallest absolute Gasteiger partial charge is 0.417 e. The highest BCUT2D eigenvalue weighted by Gasteiger charge is 2.39. The van der Waals surface area contributed by atoms with Gasteiger partial charge in [0, 0.05) is 0 Å². The summed E-state index contributed by atoms with van der Waals surface area (Å²) in [6.45, 7) is -1.11. The van der Waals surface area contributed by atoms with E-state index in [2.05, 4.69) is 4.74 Å². The molecule has 0 saturated heterocycles. The Morgan fingerprint density at radius 3 is 2.56 bits per heavy atom. The van der Waals surface area contributed by atoms with Gasteiger partial charge in [0.25, 0.3) is 0 Å². The van der Waals surface area contributed by atoms with Crippen LogP contribution in [0.25, 0.3) is 0 Å². The molecule has 0 aliphatic heterocycles. The fourth-order valence-electron chi connectivity index (χ4n) is 1.10. The molecule has 0 spiro atoms. The van der Waals surface area contributed by atoms with Crippen LogP contribution in [0.15, 0.2) is 18.2 Å². The van der Waals surface area contributed by atoms with Crippen LogP contribution in [0.2, 0.25) is 5.02 Å². The van der Waals surface area contributed by atoms with Crippen molar-refractivity contribution in [3.8, 4) is 5.75 Å². The number of ether oxygens (including phenoxy) is 1. The van der Waals surface area contributed by atoms with E-state index in [1.54, 1.807) is 0 Å². The van der Waals surface area contributed by atoms with Crippen molar-refractivity contribution in [3.63, 3.8) is 0 Å². The zero-order chi connectivity index (χ0) is 13.9. The number of aromatic carboxylic acids is 1. The largest absolute Gasteiger partial charge is 0.490 e. The number of carboxylic acid groups (broad SMARTS) is 1. The minimum absolute atomic E-state index is 0.165. The van der Waals surface area contributed by atoms with E-state index in [4.69, 9.17) is 21.8 Å². The van der Waals surface area contributed by atoms with E-state index >= 15 is 0 Å². The Kier molecular flexibility index (Phi) is 4.42. The van der Waals surface area contributed by atoms with Gasteiger partial charge in [-0.05, 0) is 12.1 Å². The molecule has 0 aromatic heterocycles. The van der Waals surface area contributed by atoms with E-state index in [0.29, 0.717) is 0 Å². The third-order valence-corrected chi connectivity index (χ3v) is 2.28. The lowest BCUT2D eigenvalue weighted by Crippen LogP contribution is -2.34. The predicted molar refractivity (Wildman–Crippen MR) is 56.0 cm³/mol. The summed E-state index contributed by atoms with van der Waals surface area (Å²) in [5.74, 6) is -1.77. The molecule has 0 fully saturated rings. The molecule has 4 nitrogen and oxygen atoms in total. The van der Waals surface area contributed by atoms with Gasteiger partial charge in [0.1, 0.15) is 17.9 Å². The van der Waals surface area contributed by atoms with Gasteiger partial charge in [0.05, 0.1) is 5.02 Å². The van der Waals surface area contributed by atoms with Gasteiger partial charge in [-0.25, -0.2) is 4.79 Å². The molecule has 2 N–H and O–H groups in total. The predicted octanol–water partition coefficient (Wildman–Crippen LogP) is 2.34. The quantitative estimate of drug-likeness (QED) is 0.890. The topological polar surface area (TPSA) is 66.8 Å². The summed E-state index contributed by atoms with van der Waals surface area (Å²) >= 11 is 5.58. The fourth-order valence-corrected chi connectivity index (χ4v) is 1.34. The maximum Gasteiger partial charge on any atom is 0.417 e. The molecule has 0 radical (unpaired) electrons. The first-order chi connectivity index (χ1) is 8.23. The zero-order valence-corrected chi connectivity index (χ0v) is 9.50. The van der Waals surface area contributed by atoms with Gasteiger partial charge >= 0.3 is 12.1 Å². The van der Waals surface area contributed by atoms with Crippen molar-refractivity contribution in [3.05, 3.63) is 28.8 Å². The van der Waals surface area contributed by atoms with Crippen LogP contribution in [0.5, 0.6) is 5.75 Å². The first-order valence-corrected chi connectivity index (χ1v) is 5.00. The summed E-state index contributed by atoms with van der Waals surface area (Å²) in [4.78, 5) is 10.8. The van der Waals surface area contributed by atoms with E-state index in [-0.39, 0.29) is 10.8 Å². The summed E-state index contributed by atoms with van der Waals surface area (Å²) in [6.07, 6.45) is -7.53. The Morgan fingerprint density at radius 2 is 2.06 bits per heavy atom. The lowest BCUT2D eigenvalue weighted by atomic mass is 10.2. The second-order valence-electron chi connectivity index (χ2n) is 3.29. The Morgan fingerprint density at radius 1 is 1.44 bits per heavy atom. The van der Waals surface area contributed by atoms with Gasteiger partial charge in [-0.1, -0.05) is 17.7 Å². The number of carboxylic acids is 1. The van der Waals surface area contributed by atoms with Crippen LogP contribution in [0.4, 0.5) is 13.2 Å². The molecule has 18 heavy (non-hydrogen) atoms. The summed E-state index contributed by atoms with van der Waals surface area (Å²) in [5.41, 5.74) is -0.450. The first-order valence-electron chi connectivity index (χ1n) is 4.63. The summed E-state index contributed by atoms with van der Waals surface area (Å²) in [6, 6.07) is 3.74. The Labute approximate surface area is 105 Å². The highest BCUT2D eigenvalue weighted by Crippen LogP contribution is 2.27. The third kappa shape index (κ3) is 3.51. The summed E-state index contributed by atoms with van der Waals surface area (Å²) < 4.78 is 40.7. The second-order valence-corrected chi connectivity index (χ2v) is 3.69. The minimum atomic E-state index is -4.83. The van der Waals surface area contributed by atoms with Gasteiger partial charge in [0.15, 0.2) is 6.10 Å². The van der Waals surface area contributed by atoms with Crippen LogP contribution in [0.1, 0.15) is 10.4 Å². The molecule has 0 aliphatic rings. The lowest BCUT2D eigenvalue weighted by Gasteiger charge is -2.16. The van der Waals surface area contributed by atoms with Gasteiger partial charge in [0.2, 0.25) is 0 Å². The molecular formula is C10H8ClF3O4. The molecule has 0 amide bonds. The lowest BCUT2D eigenvalue weighted by molar-refractivity contribution is -0.210. The first kappa shape index (κ1) is 14.6. The molecule has 8 heteroatoms. The van der Waals surface area contributed by atoms with E-state index < -0.39 is 30.4 Å². The summed E-state index contributed by atoms with van der Waals surface area (Å²) in [7, 11) is 0. The Balaban J connectivity index is 2.86. The van der Waals surface area contributed by atoms with Gasteiger partial charge < -0.3 is 14.9 Å². The van der Waals surface area contributed by atoms with E-state index in [0.717, 1.165) is 6.07 Å². The minimum Gasteiger partial charge on any atom is -0.490 e. The monoisotopic (exact) mass is 284 g/mol. The number of rotatable bonds is 4. The van der Waals surface area contributed by atoms with Crippen molar-refractivity contribution in [1.29, 1.82) is 0 Å². The number of aliphatic hydroxyl groups excluding tert-OH is 1. The van der Waals surface area contributed by atoms with Crippen LogP contribution >= 0.6 is 11.6 Å². The fraction of sp³-hybridized carbons (Fsp3) is 0.300. The van der Waals surface area contributed by atoms with Crippen molar-refractivity contribution >= 4 is 17.6 Å². The van der Waals surface area contributed by atoms with Gasteiger partial charge in [-0.3, -0.25) is 0 Å². The maximum absolute atomic E-state index is 12.0. The molecule has 1 unspecified atom stereocenters. The van der Waals surface area contributed by atoms with Crippen LogP contribution < -0.4 is 4.74 Å². The van der Waals surface area contributed by atoms with Crippen LogP contribution in [0.3, 0.4) is 0 Å². The standard InChI is InChI=1S/C10H8ClF3O4/c11-5-2-1-3-6(8(5)9(16)17)18-4-7(15)10(12,13)14/h1-3,7,15H,4H2,(H,16,17). The molecule has 0 bridgehead atoms. The number of hydrogen-bond donors (Lipinski definition) is 2. The molecular weight excluding hydrogens is 277 g/mol. The number of halogens is 4. The third-order valence-electron chi connectivity index (χ3n) is 1.96. The molecule has 1 aromatic carbocycles. The average Bonchev–Trinajstić information content (AvgIpc) is 2.23. The number of hydrogen-bond acceptors (Lipinski definition) is 3. The molecule has 1 atom stereocenters. The molecule has 0 saturated carbocycles. The highest BCUT2D eigenvalue weighted by atomic mass is 35.5. The Bertz CT molecular complexity index is 447. The number of benzene rings is 1. The van der Waals surface area contributed by atoms with Crippen LogP contribution in [-0.2, 0) is 0 Å². The van der Waals surface area contributed by atoms with Crippen molar-refractivity contribution in [2.75, 3.05) is 6.61 Å². The Hall–Kier alpha value is -1.47. The molecule has 0 heterocycles. The van der Waals surface area contributed by atoms with Gasteiger partial charge in [-0.15, -0.1) is 0 Å². The van der Waals surface area contributed by atoms with E-state index in [1.807, 2.05) is 0 Å². The second kappa shape index (κ2) is 5.45. The van der Waals surface area contributed by atoms with Crippen LogP contribution in [0, 0.1) is 0 Å². The zero-order valence-electron chi connectivity index (χ0n) is 8.74. The van der Waals surface area contributed by atoms with Crippen molar-refractivity contribution < 1.29 is 32.9 Å². The SMILES string of the molecule is O=C(O)c1c(Cl)cccc1OCC(O)C(F)(F)F. The maximum atomic E-state index is 12.0. The van der Waals surface area contributed by atoms with Crippen molar-refractivity contribution in [1.82, 2.24) is 0 Å². The molecule has 0 aliphatic carbocycles. The normalized spacial score (nSPS) is 13.2. The summed E-state index contributed by atoms with van der Waals surface area (Å²) in [5, 5.41) is 17.4. The van der Waals surface area contributed by atoms with Crippen molar-refractivity contribution in [2.24, 2.45) is 0 Å². The number of alkyl halides is 3. The molecule has 1 aromatic rings. The molecule has 100 valence electrons. The van der Waals surface area contributed by atoms with Gasteiger partial charge in [-0.2, -0.15) is 13.2 Å². The van der Waals surface area contributed by atoms with Crippen LogP contribution in [-0.4, -0.2) is 35.1 Å². The number of aliphatic hydroxyl groups is 1. The highest BCUT2D eigenvalue weighted by molar-refractivity contribution is 6.33. The average molecular weight is 285 g/mol. The van der Waals surface area contributed by atoms with Crippen molar-refractivity contribution in [2.45, 2.75) is 12.3 Å². The van der Waals surface area contributed by atoms with E-state index in [1.165, 1.54) is 12.1 Å². The van der Waals surface area contributed by atoms with E-state index in [9.17, 15) is 18.0 Å².